The van der Waals surface area contributed by atoms with Crippen LogP contribution in [0.25, 0.3) is 0 Å². The van der Waals surface area contributed by atoms with Crippen LogP contribution >= 0.6 is 12.2 Å². The van der Waals surface area contributed by atoms with Gasteiger partial charge in [-0.1, -0.05) is 18.2 Å². The van der Waals surface area contributed by atoms with E-state index in [0.29, 0.717) is 23.0 Å². The van der Waals surface area contributed by atoms with Gasteiger partial charge in [0.15, 0.2) is 10.9 Å². The first-order chi connectivity index (χ1) is 9.95. The Labute approximate surface area is 129 Å². The molecule has 0 spiro atoms. The quantitative estimate of drug-likeness (QED) is 0.852. The van der Waals surface area contributed by atoms with Crippen molar-refractivity contribution in [3.8, 4) is 0 Å². The smallest absolute Gasteiger partial charge is 0.172 e. The minimum Gasteiger partial charge on any atom is -0.360 e. The molecule has 0 saturated heterocycles. The van der Waals surface area contributed by atoms with Crippen molar-refractivity contribution in [2.24, 2.45) is 0 Å². The number of aryl methyl sites for hydroxylation is 1. The highest BCUT2D eigenvalue weighted by Crippen LogP contribution is 2.13. The van der Waals surface area contributed by atoms with E-state index in [2.05, 4.69) is 15.7 Å². The standard InChI is InChI=1S/C15H19FN4S/c1-10(2)17-15(21)18-14-8-11(3)20(19-14)9-12-6-4-5-7-13(12)16/h4-8,10H,9H2,1-3H3,(H2,17,18,19,21). The monoisotopic (exact) mass is 306 g/mol. The van der Waals surface area contributed by atoms with Gasteiger partial charge in [-0.2, -0.15) is 5.10 Å². The minimum atomic E-state index is -0.223. The van der Waals surface area contributed by atoms with E-state index in [9.17, 15) is 4.39 Å². The van der Waals surface area contributed by atoms with Crippen molar-refractivity contribution in [1.29, 1.82) is 0 Å². The highest BCUT2D eigenvalue weighted by atomic mass is 32.1. The minimum absolute atomic E-state index is 0.223. The van der Waals surface area contributed by atoms with E-state index in [1.807, 2.05) is 32.9 Å². The summed E-state index contributed by atoms with van der Waals surface area (Å²) in [5.41, 5.74) is 1.55. The number of nitrogens with one attached hydrogen (secondary N) is 2. The number of benzene rings is 1. The van der Waals surface area contributed by atoms with E-state index in [4.69, 9.17) is 12.2 Å². The molecule has 112 valence electrons. The van der Waals surface area contributed by atoms with Gasteiger partial charge in [0.05, 0.1) is 6.54 Å². The molecule has 0 aliphatic heterocycles. The average Bonchev–Trinajstić information content (AvgIpc) is 2.71. The van der Waals surface area contributed by atoms with E-state index >= 15 is 0 Å². The molecule has 6 heteroatoms. The molecule has 0 radical (unpaired) electrons. The fourth-order valence-corrected chi connectivity index (χ4v) is 2.27. The van der Waals surface area contributed by atoms with E-state index in [1.165, 1.54) is 6.07 Å². The second kappa shape index (κ2) is 6.67. The molecule has 1 aromatic heterocycles. The average molecular weight is 306 g/mol. The van der Waals surface area contributed by atoms with Gasteiger partial charge in [0, 0.05) is 23.4 Å². The van der Waals surface area contributed by atoms with Gasteiger partial charge in [-0.25, -0.2) is 4.39 Å². The summed E-state index contributed by atoms with van der Waals surface area (Å²) in [6.07, 6.45) is 0. The number of aromatic nitrogens is 2. The maximum atomic E-state index is 13.7. The Bertz CT molecular complexity index is 636. The Morgan fingerprint density at radius 2 is 2.10 bits per heavy atom. The molecule has 1 heterocycles. The molecule has 0 saturated carbocycles. The highest BCUT2D eigenvalue weighted by molar-refractivity contribution is 7.80. The summed E-state index contributed by atoms with van der Waals surface area (Å²) in [6, 6.07) is 8.85. The lowest BCUT2D eigenvalue weighted by Gasteiger charge is -2.11. The van der Waals surface area contributed by atoms with Crippen molar-refractivity contribution in [3.63, 3.8) is 0 Å². The van der Waals surface area contributed by atoms with Crippen molar-refractivity contribution >= 4 is 23.1 Å². The summed E-state index contributed by atoms with van der Waals surface area (Å²) < 4.78 is 15.4. The molecule has 1 aromatic carbocycles. The van der Waals surface area contributed by atoms with Gasteiger partial charge < -0.3 is 10.6 Å². The maximum absolute atomic E-state index is 13.7. The fourth-order valence-electron chi connectivity index (χ4n) is 1.93. The molecular weight excluding hydrogens is 287 g/mol. The highest BCUT2D eigenvalue weighted by Gasteiger charge is 2.09. The van der Waals surface area contributed by atoms with Gasteiger partial charge in [-0.3, -0.25) is 4.68 Å². The number of rotatable bonds is 4. The Hall–Kier alpha value is -1.95. The number of halogens is 1. The molecule has 0 aliphatic carbocycles. The summed E-state index contributed by atoms with van der Waals surface area (Å²) in [5.74, 6) is 0.431. The topological polar surface area (TPSA) is 41.9 Å². The van der Waals surface area contributed by atoms with Crippen LogP contribution in [0, 0.1) is 12.7 Å². The van der Waals surface area contributed by atoms with Gasteiger partial charge in [0.2, 0.25) is 0 Å². The van der Waals surface area contributed by atoms with Crippen molar-refractivity contribution in [3.05, 3.63) is 47.4 Å². The predicted octanol–water partition coefficient (Wildman–Crippen LogP) is 3.07. The summed E-state index contributed by atoms with van der Waals surface area (Å²) in [7, 11) is 0. The van der Waals surface area contributed by atoms with E-state index in [0.717, 1.165) is 5.69 Å². The lowest BCUT2D eigenvalue weighted by atomic mass is 10.2. The Kier molecular flexibility index (Phi) is 4.90. The zero-order valence-corrected chi connectivity index (χ0v) is 13.2. The normalized spacial score (nSPS) is 10.7. The van der Waals surface area contributed by atoms with Crippen LogP contribution in [0.5, 0.6) is 0 Å². The third-order valence-corrected chi connectivity index (χ3v) is 3.14. The number of thiocarbonyl (C=S) groups is 1. The lowest BCUT2D eigenvalue weighted by molar-refractivity contribution is 0.581. The molecule has 0 aliphatic rings. The lowest BCUT2D eigenvalue weighted by Crippen LogP contribution is -2.34. The Morgan fingerprint density at radius 1 is 1.38 bits per heavy atom. The number of hydrogen-bond acceptors (Lipinski definition) is 2. The third-order valence-electron chi connectivity index (χ3n) is 2.92. The van der Waals surface area contributed by atoms with Gasteiger partial charge in [0.1, 0.15) is 5.82 Å². The molecule has 0 bridgehead atoms. The summed E-state index contributed by atoms with van der Waals surface area (Å²) in [6.45, 7) is 6.34. The SMILES string of the molecule is Cc1cc(NC(=S)NC(C)C)nn1Cc1ccccc1F. The van der Waals surface area contributed by atoms with E-state index < -0.39 is 0 Å². The molecule has 0 unspecified atom stereocenters. The van der Waals surface area contributed by atoms with Crippen LogP contribution < -0.4 is 10.6 Å². The van der Waals surface area contributed by atoms with Crippen LogP contribution in [-0.2, 0) is 6.54 Å². The summed E-state index contributed by atoms with van der Waals surface area (Å²) in [5, 5.41) is 11.1. The molecule has 2 aromatic rings. The molecule has 0 atom stereocenters. The molecule has 21 heavy (non-hydrogen) atoms. The largest absolute Gasteiger partial charge is 0.360 e. The van der Waals surface area contributed by atoms with Crippen molar-refractivity contribution in [2.45, 2.75) is 33.4 Å². The van der Waals surface area contributed by atoms with Gasteiger partial charge in [0.25, 0.3) is 0 Å². The second-order valence-electron chi connectivity index (χ2n) is 5.17. The molecule has 2 N–H and O–H groups in total. The maximum Gasteiger partial charge on any atom is 0.172 e. The van der Waals surface area contributed by atoms with Crippen molar-refractivity contribution in [1.82, 2.24) is 15.1 Å². The molecular formula is C15H19FN4S. The zero-order valence-electron chi connectivity index (χ0n) is 12.4. The zero-order chi connectivity index (χ0) is 15.4. The molecule has 0 amide bonds. The van der Waals surface area contributed by atoms with Crippen molar-refractivity contribution < 1.29 is 4.39 Å². The Morgan fingerprint density at radius 3 is 2.76 bits per heavy atom. The first-order valence-corrected chi connectivity index (χ1v) is 7.22. The number of anilines is 1. The van der Waals surface area contributed by atoms with Crippen LogP contribution in [-0.4, -0.2) is 20.9 Å². The van der Waals surface area contributed by atoms with Crippen LogP contribution in [0.2, 0.25) is 0 Å². The van der Waals surface area contributed by atoms with Crippen LogP contribution in [0.15, 0.2) is 30.3 Å². The first-order valence-electron chi connectivity index (χ1n) is 6.81. The molecule has 0 fully saturated rings. The number of hydrogen-bond donors (Lipinski definition) is 2. The van der Waals surface area contributed by atoms with Gasteiger partial charge >= 0.3 is 0 Å². The summed E-state index contributed by atoms with van der Waals surface area (Å²) >= 11 is 5.18. The molecule has 4 nitrogen and oxygen atoms in total. The molecule has 2 rings (SSSR count). The van der Waals surface area contributed by atoms with E-state index in [1.54, 1.807) is 16.8 Å². The van der Waals surface area contributed by atoms with E-state index in [-0.39, 0.29) is 11.9 Å². The third kappa shape index (κ3) is 4.26. The van der Waals surface area contributed by atoms with Gasteiger partial charge in [-0.15, -0.1) is 0 Å². The predicted molar refractivity (Wildman–Crippen MR) is 87.0 cm³/mol. The first kappa shape index (κ1) is 15.4. The van der Waals surface area contributed by atoms with Crippen molar-refractivity contribution in [2.75, 3.05) is 5.32 Å². The number of nitrogens with zero attached hydrogens (tertiary/aromatic N) is 2. The van der Waals surface area contributed by atoms with Crippen LogP contribution in [0.1, 0.15) is 25.1 Å². The van der Waals surface area contributed by atoms with Crippen LogP contribution in [0.3, 0.4) is 0 Å². The Balaban J connectivity index is 2.09. The second-order valence-corrected chi connectivity index (χ2v) is 5.58. The van der Waals surface area contributed by atoms with Gasteiger partial charge in [-0.05, 0) is 39.1 Å². The fraction of sp³-hybridized carbons (Fsp3) is 0.333. The van der Waals surface area contributed by atoms with Crippen LogP contribution in [0.4, 0.5) is 10.2 Å². The summed E-state index contributed by atoms with van der Waals surface area (Å²) in [4.78, 5) is 0.